The van der Waals surface area contributed by atoms with Crippen LogP contribution < -0.4 is 10.9 Å². The lowest BCUT2D eigenvalue weighted by atomic mass is 10.1. The number of nitrogens with zero attached hydrogens (tertiary/aromatic N) is 2. The second-order valence-electron chi connectivity index (χ2n) is 6.72. The van der Waals surface area contributed by atoms with Gasteiger partial charge in [0, 0.05) is 19.3 Å². The van der Waals surface area contributed by atoms with E-state index in [1.54, 1.807) is 29.0 Å². The van der Waals surface area contributed by atoms with Crippen LogP contribution in [0.15, 0.2) is 41.3 Å². The van der Waals surface area contributed by atoms with Crippen molar-refractivity contribution in [2.45, 2.75) is 25.3 Å². The Bertz CT molecular complexity index is 1100. The topological polar surface area (TPSA) is 84.2 Å². The zero-order chi connectivity index (χ0) is 19.1. The van der Waals surface area contributed by atoms with E-state index in [1.165, 1.54) is 19.2 Å². The Balaban J connectivity index is 1.87. The summed E-state index contributed by atoms with van der Waals surface area (Å²) in [7, 11) is 1.41. The number of amides is 1. The standard InChI is InChI=1S/C20H18FN3O3/c1-22-19(26)16-18(25)17-15(24(20(16)27)14-6-7-14)9-12(10-23-17)8-11-2-4-13(21)5-3-11/h2-5,9-10,14,25H,6-8H2,1H3,(H,22,26). The van der Waals surface area contributed by atoms with Crippen LogP contribution in [0.2, 0.25) is 0 Å². The number of nitrogens with one attached hydrogen (secondary N) is 1. The molecule has 27 heavy (non-hydrogen) atoms. The summed E-state index contributed by atoms with van der Waals surface area (Å²) in [4.78, 5) is 29.3. The Kier molecular flexibility index (Phi) is 4.14. The number of aromatic hydroxyl groups is 1. The fourth-order valence-corrected chi connectivity index (χ4v) is 3.27. The van der Waals surface area contributed by atoms with Crippen molar-refractivity contribution in [3.63, 3.8) is 0 Å². The number of pyridine rings is 2. The van der Waals surface area contributed by atoms with E-state index in [2.05, 4.69) is 10.3 Å². The predicted octanol–water partition coefficient (Wildman–Crippen LogP) is 2.53. The van der Waals surface area contributed by atoms with Crippen molar-refractivity contribution in [1.82, 2.24) is 14.9 Å². The van der Waals surface area contributed by atoms with Crippen molar-refractivity contribution in [1.29, 1.82) is 0 Å². The van der Waals surface area contributed by atoms with Gasteiger partial charge in [-0.05, 0) is 48.6 Å². The van der Waals surface area contributed by atoms with Crippen molar-refractivity contribution >= 4 is 16.9 Å². The van der Waals surface area contributed by atoms with E-state index >= 15 is 0 Å². The molecular formula is C20H18FN3O3. The number of hydrogen-bond donors (Lipinski definition) is 2. The molecule has 0 saturated heterocycles. The third-order valence-electron chi connectivity index (χ3n) is 4.77. The molecule has 2 N–H and O–H groups in total. The first-order valence-electron chi connectivity index (χ1n) is 8.72. The lowest BCUT2D eigenvalue weighted by Gasteiger charge is -2.14. The zero-order valence-electron chi connectivity index (χ0n) is 14.7. The lowest BCUT2D eigenvalue weighted by molar-refractivity contribution is 0.0958. The molecule has 2 aromatic heterocycles. The number of aromatic nitrogens is 2. The molecule has 1 aliphatic rings. The highest BCUT2D eigenvalue weighted by molar-refractivity contribution is 6.01. The van der Waals surface area contributed by atoms with E-state index < -0.39 is 17.2 Å². The number of rotatable bonds is 4. The fraction of sp³-hybridized carbons (Fsp3) is 0.250. The molecule has 0 unspecified atom stereocenters. The first-order valence-corrected chi connectivity index (χ1v) is 8.72. The summed E-state index contributed by atoms with van der Waals surface area (Å²) in [6.07, 6.45) is 3.80. The van der Waals surface area contributed by atoms with Crippen LogP contribution in [0.3, 0.4) is 0 Å². The molecule has 4 rings (SSSR count). The summed E-state index contributed by atoms with van der Waals surface area (Å²) in [5, 5.41) is 12.9. The van der Waals surface area contributed by atoms with Crippen LogP contribution in [0.4, 0.5) is 4.39 Å². The van der Waals surface area contributed by atoms with Gasteiger partial charge in [0.15, 0.2) is 5.75 Å². The second kappa shape index (κ2) is 6.50. The molecular weight excluding hydrogens is 349 g/mol. The van der Waals surface area contributed by atoms with Crippen LogP contribution in [0.5, 0.6) is 5.75 Å². The highest BCUT2D eigenvalue weighted by Crippen LogP contribution is 2.38. The van der Waals surface area contributed by atoms with Gasteiger partial charge in [-0.3, -0.25) is 14.6 Å². The highest BCUT2D eigenvalue weighted by Gasteiger charge is 2.31. The Morgan fingerprint density at radius 3 is 2.63 bits per heavy atom. The second-order valence-corrected chi connectivity index (χ2v) is 6.72. The van der Waals surface area contributed by atoms with E-state index in [-0.39, 0.29) is 22.9 Å². The molecule has 2 heterocycles. The van der Waals surface area contributed by atoms with Gasteiger partial charge in [-0.1, -0.05) is 12.1 Å². The number of hydrogen-bond acceptors (Lipinski definition) is 4. The highest BCUT2D eigenvalue weighted by atomic mass is 19.1. The van der Waals surface area contributed by atoms with E-state index in [4.69, 9.17) is 0 Å². The molecule has 0 atom stereocenters. The van der Waals surface area contributed by atoms with E-state index in [9.17, 15) is 19.1 Å². The van der Waals surface area contributed by atoms with Gasteiger partial charge >= 0.3 is 0 Å². The molecule has 6 nitrogen and oxygen atoms in total. The van der Waals surface area contributed by atoms with Crippen LogP contribution in [0.1, 0.15) is 40.4 Å². The molecule has 7 heteroatoms. The van der Waals surface area contributed by atoms with Gasteiger partial charge < -0.3 is 15.0 Å². The summed E-state index contributed by atoms with van der Waals surface area (Å²) in [6, 6.07) is 7.99. The molecule has 0 aliphatic heterocycles. The summed E-state index contributed by atoms with van der Waals surface area (Å²) >= 11 is 0. The van der Waals surface area contributed by atoms with Crippen molar-refractivity contribution < 1.29 is 14.3 Å². The van der Waals surface area contributed by atoms with Crippen molar-refractivity contribution in [3.05, 3.63) is 69.4 Å². The monoisotopic (exact) mass is 367 g/mol. The van der Waals surface area contributed by atoms with Crippen LogP contribution in [0, 0.1) is 5.82 Å². The van der Waals surface area contributed by atoms with Gasteiger partial charge in [-0.25, -0.2) is 4.39 Å². The summed E-state index contributed by atoms with van der Waals surface area (Å²) < 4.78 is 14.6. The molecule has 138 valence electrons. The maximum Gasteiger partial charge on any atom is 0.268 e. The molecule has 1 saturated carbocycles. The Morgan fingerprint density at radius 2 is 2.00 bits per heavy atom. The average Bonchev–Trinajstić information content (AvgIpc) is 3.48. The van der Waals surface area contributed by atoms with E-state index in [1.807, 2.05) is 0 Å². The van der Waals surface area contributed by atoms with Crippen LogP contribution in [0.25, 0.3) is 11.0 Å². The van der Waals surface area contributed by atoms with Gasteiger partial charge in [0.1, 0.15) is 16.9 Å². The average molecular weight is 367 g/mol. The van der Waals surface area contributed by atoms with Crippen LogP contribution in [-0.2, 0) is 6.42 Å². The minimum Gasteiger partial charge on any atom is -0.505 e. The van der Waals surface area contributed by atoms with Crippen LogP contribution >= 0.6 is 0 Å². The normalized spacial score (nSPS) is 13.7. The summed E-state index contributed by atoms with van der Waals surface area (Å²) in [5.41, 5.74) is 1.67. The fourth-order valence-electron chi connectivity index (χ4n) is 3.27. The van der Waals surface area contributed by atoms with Gasteiger partial charge in [0.05, 0.1) is 5.52 Å². The molecule has 0 bridgehead atoms. The van der Waals surface area contributed by atoms with E-state index in [0.717, 1.165) is 24.0 Å². The van der Waals surface area contributed by atoms with Crippen molar-refractivity contribution in [2.24, 2.45) is 0 Å². The minimum atomic E-state index is -0.633. The lowest BCUT2D eigenvalue weighted by Crippen LogP contribution is -2.31. The van der Waals surface area contributed by atoms with Crippen molar-refractivity contribution in [2.75, 3.05) is 7.05 Å². The predicted molar refractivity (Wildman–Crippen MR) is 98.5 cm³/mol. The largest absolute Gasteiger partial charge is 0.505 e. The Hall–Kier alpha value is -3.22. The first-order chi connectivity index (χ1) is 13.0. The Labute approximate surface area is 154 Å². The summed E-state index contributed by atoms with van der Waals surface area (Å²) in [6.45, 7) is 0. The number of carbonyl (C=O) groups excluding carboxylic acids is 1. The first kappa shape index (κ1) is 17.2. The summed E-state index contributed by atoms with van der Waals surface area (Å²) in [5.74, 6) is -1.34. The zero-order valence-corrected chi connectivity index (χ0v) is 14.7. The molecule has 1 aliphatic carbocycles. The third kappa shape index (κ3) is 3.05. The molecule has 1 amide bonds. The van der Waals surface area contributed by atoms with Crippen LogP contribution in [-0.4, -0.2) is 27.6 Å². The van der Waals surface area contributed by atoms with Gasteiger partial charge in [0.2, 0.25) is 0 Å². The minimum absolute atomic E-state index is 0.00637. The quantitative estimate of drug-likeness (QED) is 0.742. The molecule has 1 fully saturated rings. The number of benzene rings is 1. The smallest absolute Gasteiger partial charge is 0.268 e. The molecule has 1 aromatic carbocycles. The molecule has 3 aromatic rings. The maximum absolute atomic E-state index is 13.1. The number of fused-ring (bicyclic) bond motifs is 1. The molecule has 0 spiro atoms. The molecule has 0 radical (unpaired) electrons. The van der Waals surface area contributed by atoms with Crippen molar-refractivity contribution in [3.8, 4) is 5.75 Å². The Morgan fingerprint density at radius 1 is 1.30 bits per heavy atom. The van der Waals surface area contributed by atoms with E-state index in [0.29, 0.717) is 11.9 Å². The van der Waals surface area contributed by atoms with Gasteiger partial charge in [-0.15, -0.1) is 0 Å². The number of halogens is 1. The third-order valence-corrected chi connectivity index (χ3v) is 4.77. The maximum atomic E-state index is 13.1. The van der Waals surface area contributed by atoms with Gasteiger partial charge in [-0.2, -0.15) is 0 Å². The van der Waals surface area contributed by atoms with Gasteiger partial charge in [0.25, 0.3) is 11.5 Å². The SMILES string of the molecule is CNC(=O)c1c(O)c2ncc(Cc3ccc(F)cc3)cc2n(C2CC2)c1=O. The number of carbonyl (C=O) groups is 1.